The Hall–Kier alpha value is -0.763. The van der Waals surface area contributed by atoms with Gasteiger partial charge in [0.2, 0.25) is 8.32 Å². The summed E-state index contributed by atoms with van der Waals surface area (Å²) in [4.78, 5) is 0. The lowest BCUT2D eigenvalue weighted by Crippen LogP contribution is -2.43. The van der Waals surface area contributed by atoms with Crippen molar-refractivity contribution in [1.29, 1.82) is 0 Å². The minimum absolute atomic E-state index is 0.0984. The van der Waals surface area contributed by atoms with E-state index < -0.39 is 8.32 Å². The number of hydrogen-bond acceptors (Lipinski definition) is 5. The highest BCUT2D eigenvalue weighted by Gasteiger charge is 2.39. The number of methoxy groups -OCH3 is 2. The van der Waals surface area contributed by atoms with Gasteiger partial charge < -0.3 is 23.4 Å². The number of halogens is 1. The Balaban J connectivity index is 3.15. The molecule has 0 fully saturated rings. The molecule has 7 heteroatoms. The summed E-state index contributed by atoms with van der Waals surface area (Å²) in [6, 6.07) is 3.70. The van der Waals surface area contributed by atoms with E-state index in [1.807, 2.05) is 12.1 Å². The average molecular weight is 407 g/mol. The van der Waals surface area contributed by atoms with Crippen LogP contribution in [-0.2, 0) is 9.47 Å². The molecule has 0 spiro atoms. The van der Waals surface area contributed by atoms with Crippen molar-refractivity contribution >= 4 is 24.2 Å². The van der Waals surface area contributed by atoms with Gasteiger partial charge in [-0.1, -0.05) is 20.8 Å². The molecule has 0 radical (unpaired) electrons. The molecule has 0 saturated carbocycles. The van der Waals surface area contributed by atoms with Gasteiger partial charge in [-0.3, -0.25) is 0 Å². The minimum atomic E-state index is -1.96. The lowest BCUT2D eigenvalue weighted by atomic mass is 10.2. The number of rotatable bonds is 8. The first-order valence-corrected chi connectivity index (χ1v) is 11.1. The van der Waals surface area contributed by atoms with Gasteiger partial charge in [-0.05, 0) is 34.1 Å². The fourth-order valence-electron chi connectivity index (χ4n) is 1.51. The summed E-state index contributed by atoms with van der Waals surface area (Å²) >= 11 is 3.49. The van der Waals surface area contributed by atoms with Gasteiger partial charge >= 0.3 is 0 Å². The molecule has 132 valence electrons. The Morgan fingerprint density at radius 2 is 1.39 bits per heavy atom. The minimum Gasteiger partial charge on any atom is -0.543 e. The summed E-state index contributed by atoms with van der Waals surface area (Å²) < 4.78 is 28.2. The second kappa shape index (κ2) is 8.37. The molecule has 0 saturated heterocycles. The van der Waals surface area contributed by atoms with Crippen LogP contribution in [0.2, 0.25) is 18.1 Å². The van der Waals surface area contributed by atoms with Crippen LogP contribution in [0.15, 0.2) is 16.6 Å². The molecule has 0 atom stereocenters. The summed E-state index contributed by atoms with van der Waals surface area (Å²) in [6.45, 7) is 11.3. The van der Waals surface area contributed by atoms with Crippen molar-refractivity contribution in [3.63, 3.8) is 0 Å². The van der Waals surface area contributed by atoms with Gasteiger partial charge in [-0.2, -0.15) is 0 Å². The standard InChI is InChI=1S/C16H27BrO5Si/c1-16(2,3)23(6,7)22-12-8-13(20-10-18-4)15(17)14(9-12)21-11-19-5/h8-9H,10-11H2,1-7H3. The quantitative estimate of drug-likeness (QED) is 0.458. The van der Waals surface area contributed by atoms with Crippen LogP contribution in [0.3, 0.4) is 0 Å². The van der Waals surface area contributed by atoms with Gasteiger partial charge in [0, 0.05) is 26.4 Å². The molecule has 0 N–H and O–H groups in total. The average Bonchev–Trinajstić information content (AvgIpc) is 2.44. The van der Waals surface area contributed by atoms with Crippen LogP contribution in [0.1, 0.15) is 20.8 Å². The van der Waals surface area contributed by atoms with Crippen molar-refractivity contribution in [1.82, 2.24) is 0 Å². The van der Waals surface area contributed by atoms with E-state index in [1.165, 1.54) is 0 Å². The highest BCUT2D eigenvalue weighted by molar-refractivity contribution is 9.10. The van der Waals surface area contributed by atoms with Crippen LogP contribution < -0.4 is 13.9 Å². The molecule has 0 bridgehead atoms. The first-order valence-electron chi connectivity index (χ1n) is 7.38. The van der Waals surface area contributed by atoms with Gasteiger partial charge in [0.05, 0.1) is 0 Å². The highest BCUT2D eigenvalue weighted by atomic mass is 79.9. The normalized spacial score (nSPS) is 12.2. The molecule has 0 amide bonds. The fourth-order valence-corrected chi connectivity index (χ4v) is 2.98. The fraction of sp³-hybridized carbons (Fsp3) is 0.625. The van der Waals surface area contributed by atoms with E-state index in [9.17, 15) is 0 Å². The van der Waals surface area contributed by atoms with Crippen molar-refractivity contribution in [2.75, 3.05) is 27.8 Å². The van der Waals surface area contributed by atoms with E-state index in [1.54, 1.807) is 14.2 Å². The Morgan fingerprint density at radius 3 is 1.74 bits per heavy atom. The van der Waals surface area contributed by atoms with Gasteiger partial charge in [0.25, 0.3) is 0 Å². The van der Waals surface area contributed by atoms with E-state index in [0.29, 0.717) is 16.0 Å². The maximum Gasteiger partial charge on any atom is 0.250 e. The van der Waals surface area contributed by atoms with Crippen LogP contribution in [-0.4, -0.2) is 36.1 Å². The molecule has 0 unspecified atom stereocenters. The van der Waals surface area contributed by atoms with E-state index in [4.69, 9.17) is 23.4 Å². The number of ether oxygens (including phenoxy) is 4. The van der Waals surface area contributed by atoms with Crippen LogP contribution in [0.5, 0.6) is 17.2 Å². The summed E-state index contributed by atoms with van der Waals surface area (Å²) in [5.74, 6) is 1.93. The van der Waals surface area contributed by atoms with Crippen molar-refractivity contribution in [3.05, 3.63) is 16.6 Å². The maximum atomic E-state index is 6.34. The van der Waals surface area contributed by atoms with Crippen molar-refractivity contribution in [2.24, 2.45) is 0 Å². The Labute approximate surface area is 148 Å². The zero-order chi connectivity index (χ0) is 17.7. The molecule has 1 aromatic rings. The zero-order valence-corrected chi connectivity index (χ0v) is 17.6. The maximum absolute atomic E-state index is 6.34. The Morgan fingerprint density at radius 1 is 0.957 bits per heavy atom. The van der Waals surface area contributed by atoms with Crippen LogP contribution in [0.4, 0.5) is 0 Å². The summed E-state index contributed by atoms with van der Waals surface area (Å²) in [6.07, 6.45) is 0. The summed E-state index contributed by atoms with van der Waals surface area (Å²) in [7, 11) is 1.19. The number of hydrogen-bond donors (Lipinski definition) is 0. The molecule has 0 aliphatic carbocycles. The van der Waals surface area contributed by atoms with E-state index in [0.717, 1.165) is 5.75 Å². The second-order valence-corrected chi connectivity index (χ2v) is 12.2. The van der Waals surface area contributed by atoms with Crippen LogP contribution in [0.25, 0.3) is 0 Å². The first kappa shape index (κ1) is 20.3. The SMILES string of the molecule is COCOc1cc(O[Si](C)(C)C(C)(C)C)cc(OCOC)c1Br. The summed E-state index contributed by atoms with van der Waals surface area (Å²) in [5, 5.41) is 0.0984. The smallest absolute Gasteiger partial charge is 0.250 e. The zero-order valence-electron chi connectivity index (χ0n) is 15.0. The highest BCUT2D eigenvalue weighted by Crippen LogP contribution is 2.42. The second-order valence-electron chi connectivity index (χ2n) is 6.70. The van der Waals surface area contributed by atoms with Gasteiger partial charge in [0.15, 0.2) is 13.6 Å². The van der Waals surface area contributed by atoms with Crippen LogP contribution >= 0.6 is 15.9 Å². The number of benzene rings is 1. The lowest BCUT2D eigenvalue weighted by molar-refractivity contribution is 0.0448. The molecule has 5 nitrogen and oxygen atoms in total. The molecule has 0 aliphatic heterocycles. The lowest BCUT2D eigenvalue weighted by Gasteiger charge is -2.36. The van der Waals surface area contributed by atoms with Crippen molar-refractivity contribution in [2.45, 2.75) is 38.9 Å². The molecule has 23 heavy (non-hydrogen) atoms. The molecular weight excluding hydrogens is 380 g/mol. The largest absolute Gasteiger partial charge is 0.543 e. The van der Waals surface area contributed by atoms with E-state index in [-0.39, 0.29) is 18.6 Å². The van der Waals surface area contributed by atoms with Crippen molar-refractivity contribution in [3.8, 4) is 17.2 Å². The van der Waals surface area contributed by atoms with E-state index >= 15 is 0 Å². The molecule has 1 aromatic carbocycles. The predicted octanol–water partition coefficient (Wildman–Crippen LogP) is 4.80. The summed E-state index contributed by atoms with van der Waals surface area (Å²) in [5.41, 5.74) is 0. The third-order valence-corrected chi connectivity index (χ3v) is 8.96. The molecular formula is C16H27BrO5Si. The van der Waals surface area contributed by atoms with Gasteiger partial charge in [0.1, 0.15) is 21.7 Å². The third-order valence-electron chi connectivity index (χ3n) is 3.82. The first-order chi connectivity index (χ1) is 10.6. The molecule has 1 rings (SSSR count). The van der Waals surface area contributed by atoms with E-state index in [2.05, 4.69) is 49.8 Å². The van der Waals surface area contributed by atoms with Crippen molar-refractivity contribution < 1.29 is 23.4 Å². The topological polar surface area (TPSA) is 46.2 Å². The Bertz CT molecular complexity index is 485. The Kier molecular flexibility index (Phi) is 7.38. The monoisotopic (exact) mass is 406 g/mol. The molecule has 0 heterocycles. The third kappa shape index (κ3) is 5.67. The van der Waals surface area contributed by atoms with Crippen LogP contribution in [0, 0.1) is 0 Å². The molecule has 0 aliphatic rings. The van der Waals surface area contributed by atoms with Gasteiger partial charge in [-0.25, -0.2) is 0 Å². The van der Waals surface area contributed by atoms with Gasteiger partial charge in [-0.15, -0.1) is 0 Å². The predicted molar refractivity (Wildman–Crippen MR) is 97.0 cm³/mol. The molecule has 0 aromatic heterocycles.